The fraction of sp³-hybridized carbons (Fsp3) is 0.185. The second kappa shape index (κ2) is 13.4. The Kier molecular flexibility index (Phi) is 9.72. The predicted molar refractivity (Wildman–Crippen MR) is 136 cm³/mol. The van der Waals surface area contributed by atoms with Crippen molar-refractivity contribution < 1.29 is 33.0 Å². The molecule has 3 rings (SSSR count). The monoisotopic (exact) mass is 507 g/mol. The summed E-state index contributed by atoms with van der Waals surface area (Å²) < 4.78 is 29.3. The molecule has 0 radical (unpaired) electrons. The molecule has 0 aliphatic heterocycles. The van der Waals surface area contributed by atoms with E-state index >= 15 is 0 Å². The Labute approximate surface area is 213 Å². The summed E-state index contributed by atoms with van der Waals surface area (Å²) in [5.41, 5.74) is 3.21. The highest BCUT2D eigenvalue weighted by Crippen LogP contribution is 2.28. The van der Waals surface area contributed by atoms with Gasteiger partial charge >= 0.3 is 17.8 Å². The second-order valence-electron chi connectivity index (χ2n) is 7.69. The van der Waals surface area contributed by atoms with E-state index in [4.69, 9.17) is 14.2 Å². The Morgan fingerprint density at radius 1 is 0.946 bits per heavy atom. The standard InChI is InChI=1S/C27H26FN3O6/c1-3-4-15-36-22-12-6-19(7-13-22)27(34)37-23-14-5-18(16-24(23)35-2)17-29-31-26(33)25(32)30-21-10-8-20(28)9-11-21/h5-14,16-17H,3-4,15H2,1-2H3,(H,30,32)(H,31,33)/b29-17-. The van der Waals surface area contributed by atoms with Gasteiger partial charge < -0.3 is 19.5 Å². The number of rotatable bonds is 10. The maximum absolute atomic E-state index is 12.9. The molecule has 3 aromatic rings. The largest absolute Gasteiger partial charge is 0.494 e. The van der Waals surface area contributed by atoms with Crippen LogP contribution in [0.25, 0.3) is 0 Å². The number of benzene rings is 3. The highest BCUT2D eigenvalue weighted by Gasteiger charge is 2.14. The molecule has 0 aliphatic carbocycles. The molecule has 0 heterocycles. The highest BCUT2D eigenvalue weighted by molar-refractivity contribution is 6.39. The van der Waals surface area contributed by atoms with Crippen LogP contribution in [0.5, 0.6) is 17.2 Å². The number of nitrogens with zero attached hydrogens (tertiary/aromatic N) is 1. The van der Waals surface area contributed by atoms with Crippen molar-refractivity contribution in [1.29, 1.82) is 0 Å². The number of carbonyl (C=O) groups is 3. The summed E-state index contributed by atoms with van der Waals surface area (Å²) in [4.78, 5) is 36.4. The van der Waals surface area contributed by atoms with E-state index in [1.54, 1.807) is 36.4 Å². The van der Waals surface area contributed by atoms with Gasteiger partial charge in [-0.25, -0.2) is 14.6 Å². The van der Waals surface area contributed by atoms with Crippen molar-refractivity contribution >= 4 is 29.7 Å². The molecular formula is C27H26FN3O6. The number of esters is 1. The lowest BCUT2D eigenvalue weighted by atomic mass is 10.2. The van der Waals surface area contributed by atoms with E-state index in [0.29, 0.717) is 23.5 Å². The van der Waals surface area contributed by atoms with Gasteiger partial charge in [0.05, 0.1) is 25.5 Å². The Hall–Kier alpha value is -4.73. The van der Waals surface area contributed by atoms with Gasteiger partial charge in [0, 0.05) is 5.69 Å². The molecule has 37 heavy (non-hydrogen) atoms. The molecule has 0 saturated carbocycles. The number of amides is 2. The number of anilines is 1. The molecule has 0 bridgehead atoms. The summed E-state index contributed by atoms with van der Waals surface area (Å²) >= 11 is 0. The zero-order valence-electron chi connectivity index (χ0n) is 20.3. The van der Waals surface area contributed by atoms with Crippen molar-refractivity contribution in [3.8, 4) is 17.2 Å². The minimum absolute atomic E-state index is 0.190. The molecule has 9 nitrogen and oxygen atoms in total. The normalized spacial score (nSPS) is 10.6. The molecule has 0 atom stereocenters. The lowest BCUT2D eigenvalue weighted by molar-refractivity contribution is -0.136. The molecule has 2 N–H and O–H groups in total. The number of hydrazone groups is 1. The maximum atomic E-state index is 12.9. The first-order valence-corrected chi connectivity index (χ1v) is 11.4. The van der Waals surface area contributed by atoms with Gasteiger partial charge in [-0.15, -0.1) is 0 Å². The Morgan fingerprint density at radius 3 is 2.35 bits per heavy atom. The highest BCUT2D eigenvalue weighted by atomic mass is 19.1. The van der Waals surface area contributed by atoms with Gasteiger partial charge in [-0.1, -0.05) is 13.3 Å². The first kappa shape index (κ1) is 26.9. The van der Waals surface area contributed by atoms with E-state index in [1.165, 1.54) is 31.5 Å². The lowest BCUT2D eigenvalue weighted by Crippen LogP contribution is -2.32. The molecule has 3 aromatic carbocycles. The number of nitrogens with one attached hydrogen (secondary N) is 2. The van der Waals surface area contributed by atoms with Crippen LogP contribution in [-0.4, -0.2) is 37.7 Å². The number of halogens is 1. The van der Waals surface area contributed by atoms with Crippen LogP contribution >= 0.6 is 0 Å². The van der Waals surface area contributed by atoms with Gasteiger partial charge in [-0.2, -0.15) is 5.10 Å². The van der Waals surface area contributed by atoms with E-state index in [9.17, 15) is 18.8 Å². The van der Waals surface area contributed by atoms with Gasteiger partial charge in [-0.3, -0.25) is 9.59 Å². The summed E-state index contributed by atoms with van der Waals surface area (Å²) in [7, 11) is 1.41. The molecule has 10 heteroatoms. The number of carbonyl (C=O) groups excluding carboxylic acids is 3. The van der Waals surface area contributed by atoms with Gasteiger partial charge in [0.2, 0.25) is 0 Å². The number of ether oxygens (including phenoxy) is 3. The summed E-state index contributed by atoms with van der Waals surface area (Å²) in [5, 5.41) is 6.07. The van der Waals surface area contributed by atoms with E-state index in [0.717, 1.165) is 25.0 Å². The minimum Gasteiger partial charge on any atom is -0.494 e. The van der Waals surface area contributed by atoms with Crippen molar-refractivity contribution in [2.45, 2.75) is 19.8 Å². The summed E-state index contributed by atoms with van der Waals surface area (Å²) in [6.07, 6.45) is 3.26. The molecule has 192 valence electrons. The van der Waals surface area contributed by atoms with E-state index < -0.39 is 23.6 Å². The molecule has 0 fully saturated rings. The van der Waals surface area contributed by atoms with Crippen LogP contribution in [0.3, 0.4) is 0 Å². The fourth-order valence-electron chi connectivity index (χ4n) is 2.97. The van der Waals surface area contributed by atoms with Crippen LogP contribution in [0.4, 0.5) is 10.1 Å². The quantitative estimate of drug-likeness (QED) is 0.105. The number of hydrogen-bond acceptors (Lipinski definition) is 7. The van der Waals surface area contributed by atoms with Crippen LogP contribution in [0.2, 0.25) is 0 Å². The van der Waals surface area contributed by atoms with Crippen molar-refractivity contribution in [2.24, 2.45) is 5.10 Å². The smallest absolute Gasteiger partial charge is 0.343 e. The van der Waals surface area contributed by atoms with E-state index in [-0.39, 0.29) is 17.2 Å². The summed E-state index contributed by atoms with van der Waals surface area (Å²) in [5.74, 6) is -1.90. The van der Waals surface area contributed by atoms with Crippen molar-refractivity contribution in [3.05, 3.63) is 83.7 Å². The molecule has 0 unspecified atom stereocenters. The third-order valence-electron chi connectivity index (χ3n) is 4.94. The van der Waals surface area contributed by atoms with Crippen LogP contribution in [0, 0.1) is 5.82 Å². The molecule has 0 spiro atoms. The number of methoxy groups -OCH3 is 1. The zero-order valence-corrected chi connectivity index (χ0v) is 20.3. The SMILES string of the molecule is CCCCOc1ccc(C(=O)Oc2ccc(/C=N\NC(=O)C(=O)Nc3ccc(F)cc3)cc2OC)cc1. The third-order valence-corrected chi connectivity index (χ3v) is 4.94. The van der Waals surface area contributed by atoms with Crippen LogP contribution in [0.1, 0.15) is 35.7 Å². The van der Waals surface area contributed by atoms with Crippen molar-refractivity contribution in [2.75, 3.05) is 19.0 Å². The zero-order chi connectivity index (χ0) is 26.6. The van der Waals surface area contributed by atoms with Crippen molar-refractivity contribution in [1.82, 2.24) is 5.43 Å². The first-order chi connectivity index (χ1) is 17.9. The average Bonchev–Trinajstić information content (AvgIpc) is 2.91. The summed E-state index contributed by atoms with van der Waals surface area (Å²) in [6.45, 7) is 2.69. The average molecular weight is 508 g/mol. The first-order valence-electron chi connectivity index (χ1n) is 11.4. The second-order valence-corrected chi connectivity index (χ2v) is 7.69. The summed E-state index contributed by atoms with van der Waals surface area (Å²) in [6, 6.07) is 16.2. The van der Waals surface area contributed by atoms with Crippen LogP contribution in [-0.2, 0) is 9.59 Å². The lowest BCUT2D eigenvalue weighted by Gasteiger charge is -2.10. The molecule has 0 aromatic heterocycles. The minimum atomic E-state index is -1.01. The fourth-order valence-corrected chi connectivity index (χ4v) is 2.97. The molecule has 0 saturated heterocycles. The van der Waals surface area contributed by atoms with Gasteiger partial charge in [-0.05, 0) is 78.7 Å². The molecular weight excluding hydrogens is 481 g/mol. The Morgan fingerprint density at radius 2 is 1.68 bits per heavy atom. The Bertz CT molecular complexity index is 1260. The van der Waals surface area contributed by atoms with E-state index in [2.05, 4.69) is 22.8 Å². The maximum Gasteiger partial charge on any atom is 0.343 e. The third kappa shape index (κ3) is 8.17. The van der Waals surface area contributed by atoms with E-state index in [1.807, 2.05) is 0 Å². The van der Waals surface area contributed by atoms with Gasteiger partial charge in [0.25, 0.3) is 0 Å². The topological polar surface area (TPSA) is 115 Å². The van der Waals surface area contributed by atoms with Gasteiger partial charge in [0.15, 0.2) is 11.5 Å². The van der Waals surface area contributed by atoms with Crippen LogP contribution < -0.4 is 25.0 Å². The number of hydrogen-bond donors (Lipinski definition) is 2. The van der Waals surface area contributed by atoms with Crippen molar-refractivity contribution in [3.63, 3.8) is 0 Å². The molecule has 2 amide bonds. The van der Waals surface area contributed by atoms with Crippen LogP contribution in [0.15, 0.2) is 71.8 Å². The molecule has 0 aliphatic rings. The number of unbranched alkanes of at least 4 members (excludes halogenated alkanes) is 1. The van der Waals surface area contributed by atoms with Gasteiger partial charge in [0.1, 0.15) is 11.6 Å². The Balaban J connectivity index is 1.56. The predicted octanol–water partition coefficient (Wildman–Crippen LogP) is 4.32.